The van der Waals surface area contributed by atoms with Gasteiger partial charge in [0.05, 0.1) is 0 Å². The molecule has 0 saturated carbocycles. The summed E-state index contributed by atoms with van der Waals surface area (Å²) < 4.78 is 5.14. The molecule has 2 nitrogen and oxygen atoms in total. The average Bonchev–Trinajstić information content (AvgIpc) is 3.49. The number of benzene rings is 2. The monoisotopic (exact) mass is 309 g/mol. The standard InChI is InChI=1S/C9H13O2.2C6H6/c1-3-8(4-2)11-9(10)7-5-6-7;2*1-2-4-6-5-3-1/h5,7-8H,3-4H2,1-2H3;2*1-6H/q-1;;. The molecule has 0 heterocycles. The van der Waals surface area contributed by atoms with E-state index in [2.05, 4.69) is 6.08 Å². The first-order valence-electron chi connectivity index (χ1n) is 8.07. The van der Waals surface area contributed by atoms with Gasteiger partial charge in [0.1, 0.15) is 6.10 Å². The van der Waals surface area contributed by atoms with Crippen molar-refractivity contribution in [3.05, 3.63) is 84.9 Å². The van der Waals surface area contributed by atoms with Crippen molar-refractivity contribution >= 4 is 5.97 Å². The fraction of sp³-hybridized carbons (Fsp3) is 0.286. The molecule has 0 saturated heterocycles. The minimum atomic E-state index is -0.140. The van der Waals surface area contributed by atoms with Crippen molar-refractivity contribution in [2.24, 2.45) is 5.92 Å². The highest BCUT2D eigenvalue weighted by atomic mass is 16.5. The van der Waals surface area contributed by atoms with Crippen LogP contribution in [0.3, 0.4) is 0 Å². The first kappa shape index (κ1) is 18.7. The third-order valence-corrected chi connectivity index (χ3v) is 3.11. The summed E-state index contributed by atoms with van der Waals surface area (Å²) in [5.41, 5.74) is 0. The fourth-order valence-corrected chi connectivity index (χ4v) is 1.65. The van der Waals surface area contributed by atoms with Crippen LogP contribution in [0.4, 0.5) is 0 Å². The molecule has 0 radical (unpaired) electrons. The van der Waals surface area contributed by atoms with E-state index in [9.17, 15) is 4.79 Å². The van der Waals surface area contributed by atoms with Gasteiger partial charge in [-0.3, -0.25) is 10.9 Å². The quantitative estimate of drug-likeness (QED) is 0.581. The molecule has 23 heavy (non-hydrogen) atoms. The van der Waals surface area contributed by atoms with Gasteiger partial charge in [-0.1, -0.05) is 92.6 Å². The summed E-state index contributed by atoms with van der Waals surface area (Å²) in [7, 11) is 0. The number of hydrogen-bond acceptors (Lipinski definition) is 2. The Balaban J connectivity index is 0.000000187. The first-order valence-corrected chi connectivity index (χ1v) is 8.07. The van der Waals surface area contributed by atoms with E-state index >= 15 is 0 Å². The average molecular weight is 309 g/mol. The van der Waals surface area contributed by atoms with Gasteiger partial charge in [-0.2, -0.15) is 0 Å². The summed E-state index contributed by atoms with van der Waals surface area (Å²) in [6, 6.07) is 24.0. The van der Waals surface area contributed by atoms with Crippen molar-refractivity contribution < 1.29 is 9.53 Å². The third-order valence-electron chi connectivity index (χ3n) is 3.11. The Kier molecular flexibility index (Phi) is 9.93. The Morgan fingerprint density at radius 2 is 1.13 bits per heavy atom. The van der Waals surface area contributed by atoms with E-state index in [1.165, 1.54) is 0 Å². The molecule has 0 aliphatic heterocycles. The van der Waals surface area contributed by atoms with Crippen LogP contribution in [0.25, 0.3) is 0 Å². The normalized spacial score (nSPS) is 14.0. The number of carbonyl (C=O) groups is 1. The number of esters is 1. The number of carbonyl (C=O) groups excluding carboxylic acids is 1. The van der Waals surface area contributed by atoms with E-state index in [-0.39, 0.29) is 18.0 Å². The molecule has 1 unspecified atom stereocenters. The summed E-state index contributed by atoms with van der Waals surface area (Å²) in [5.74, 6) is -0.269. The Hall–Kier alpha value is -2.35. The van der Waals surface area contributed by atoms with Crippen molar-refractivity contribution in [3.63, 3.8) is 0 Å². The van der Waals surface area contributed by atoms with Gasteiger partial charge in [0.25, 0.3) is 5.97 Å². The largest absolute Gasteiger partial charge is 0.487 e. The van der Waals surface area contributed by atoms with Crippen molar-refractivity contribution in [2.45, 2.75) is 32.8 Å². The minimum Gasteiger partial charge on any atom is -0.487 e. The third kappa shape index (κ3) is 10.1. The van der Waals surface area contributed by atoms with E-state index in [4.69, 9.17) is 4.74 Å². The minimum absolute atomic E-state index is 0.0956. The Morgan fingerprint density at radius 1 is 0.826 bits per heavy atom. The second kappa shape index (κ2) is 12.2. The molecule has 1 aliphatic rings. The van der Waals surface area contributed by atoms with Gasteiger partial charge in [-0.25, -0.2) is 0 Å². The maximum atomic E-state index is 11.0. The molecule has 3 rings (SSSR count). The lowest BCUT2D eigenvalue weighted by Crippen LogP contribution is -2.18. The van der Waals surface area contributed by atoms with Crippen LogP contribution in [0, 0.1) is 12.0 Å². The summed E-state index contributed by atoms with van der Waals surface area (Å²) >= 11 is 0. The molecule has 2 heteroatoms. The number of ether oxygens (including phenoxy) is 1. The van der Waals surface area contributed by atoms with Crippen LogP contribution in [-0.2, 0) is 9.53 Å². The smallest absolute Gasteiger partial charge is 0.280 e. The van der Waals surface area contributed by atoms with Gasteiger partial charge >= 0.3 is 0 Å². The van der Waals surface area contributed by atoms with Gasteiger partial charge in [0, 0.05) is 0 Å². The highest BCUT2D eigenvalue weighted by Gasteiger charge is 2.13. The van der Waals surface area contributed by atoms with Crippen LogP contribution >= 0.6 is 0 Å². The van der Waals surface area contributed by atoms with Crippen molar-refractivity contribution in [2.75, 3.05) is 0 Å². The Labute approximate surface area is 139 Å². The molecule has 0 N–H and O–H groups in total. The van der Waals surface area contributed by atoms with Gasteiger partial charge in [0.2, 0.25) is 0 Å². The van der Waals surface area contributed by atoms with Crippen LogP contribution < -0.4 is 0 Å². The lowest BCUT2D eigenvalue weighted by atomic mass is 10.2. The second-order valence-electron chi connectivity index (χ2n) is 5.00. The molecule has 1 atom stereocenters. The van der Waals surface area contributed by atoms with Crippen LogP contribution in [0.15, 0.2) is 78.9 Å². The second-order valence-corrected chi connectivity index (χ2v) is 5.00. The summed E-state index contributed by atoms with van der Waals surface area (Å²) in [6.07, 6.45) is 6.41. The van der Waals surface area contributed by atoms with E-state index in [1.54, 1.807) is 6.08 Å². The molecular formula is C21H25O2-. The molecule has 2 aromatic carbocycles. The number of hydrogen-bond donors (Lipinski definition) is 0. The van der Waals surface area contributed by atoms with Gasteiger partial charge in [-0.05, 0) is 12.8 Å². The predicted octanol–water partition coefficient (Wildman–Crippen LogP) is 5.08. The highest BCUT2D eigenvalue weighted by molar-refractivity contribution is 5.79. The summed E-state index contributed by atoms with van der Waals surface area (Å²) in [6.45, 7) is 4.04. The van der Waals surface area contributed by atoms with Crippen LogP contribution in [-0.4, -0.2) is 12.1 Å². The highest BCUT2D eigenvalue weighted by Crippen LogP contribution is 2.18. The van der Waals surface area contributed by atoms with E-state index < -0.39 is 0 Å². The summed E-state index contributed by atoms with van der Waals surface area (Å²) in [5, 5.41) is 0. The fourth-order valence-electron chi connectivity index (χ4n) is 1.65. The van der Waals surface area contributed by atoms with Gasteiger partial charge in [-0.15, -0.1) is 0 Å². The SMILES string of the molecule is CCC(CC)OC(=O)C1[C-]=C1.c1ccccc1.c1ccccc1. The van der Waals surface area contributed by atoms with Crippen molar-refractivity contribution in [1.82, 2.24) is 0 Å². The van der Waals surface area contributed by atoms with Crippen molar-refractivity contribution in [3.8, 4) is 0 Å². The lowest BCUT2D eigenvalue weighted by Gasteiger charge is -2.15. The summed E-state index contributed by atoms with van der Waals surface area (Å²) in [4.78, 5) is 11.0. The predicted molar refractivity (Wildman–Crippen MR) is 94.6 cm³/mol. The molecule has 0 bridgehead atoms. The molecular weight excluding hydrogens is 284 g/mol. The van der Waals surface area contributed by atoms with Gasteiger partial charge < -0.3 is 10.8 Å². The van der Waals surface area contributed by atoms with Crippen LogP contribution in [0.2, 0.25) is 0 Å². The number of rotatable bonds is 4. The topological polar surface area (TPSA) is 26.3 Å². The molecule has 0 spiro atoms. The van der Waals surface area contributed by atoms with Crippen molar-refractivity contribution in [1.29, 1.82) is 0 Å². The molecule has 0 aromatic heterocycles. The maximum absolute atomic E-state index is 11.0. The Bertz CT molecular complexity index is 439. The van der Waals surface area contributed by atoms with Gasteiger partial charge in [0.15, 0.2) is 0 Å². The molecule has 0 fully saturated rings. The zero-order chi connectivity index (χ0) is 16.8. The molecule has 1 aliphatic carbocycles. The molecule has 2 aromatic rings. The maximum Gasteiger partial charge on any atom is 0.280 e. The zero-order valence-electron chi connectivity index (χ0n) is 13.9. The van der Waals surface area contributed by atoms with Crippen LogP contribution in [0.1, 0.15) is 26.7 Å². The van der Waals surface area contributed by atoms with E-state index in [0.717, 1.165) is 12.8 Å². The molecule has 0 amide bonds. The first-order chi connectivity index (χ1) is 11.3. The zero-order valence-corrected chi connectivity index (χ0v) is 13.9. The molecule has 122 valence electrons. The van der Waals surface area contributed by atoms with E-state index in [0.29, 0.717) is 0 Å². The van der Waals surface area contributed by atoms with Crippen LogP contribution in [0.5, 0.6) is 0 Å². The van der Waals surface area contributed by atoms with E-state index in [1.807, 2.05) is 86.6 Å². The Morgan fingerprint density at radius 3 is 1.35 bits per heavy atom. The lowest BCUT2D eigenvalue weighted by molar-refractivity contribution is -0.150.